The topological polar surface area (TPSA) is 71.1 Å². The van der Waals surface area contributed by atoms with Crippen molar-refractivity contribution in [3.05, 3.63) is 23.8 Å². The van der Waals surface area contributed by atoms with Gasteiger partial charge in [0.15, 0.2) is 0 Å². The zero-order chi connectivity index (χ0) is 27.3. The van der Waals surface area contributed by atoms with Crippen LogP contribution < -0.4 is 10.1 Å². The number of rotatable bonds is 5. The number of fused-ring (bicyclic) bond motifs is 1. The zero-order valence-electron chi connectivity index (χ0n) is 20.5. The summed E-state index contributed by atoms with van der Waals surface area (Å²) < 4.78 is 87.6. The van der Waals surface area contributed by atoms with E-state index in [1.807, 2.05) is 6.92 Å². The van der Waals surface area contributed by atoms with E-state index in [0.29, 0.717) is 0 Å². The average molecular weight is 528 g/mol. The van der Waals surface area contributed by atoms with Gasteiger partial charge in [-0.15, -0.1) is 0 Å². The summed E-state index contributed by atoms with van der Waals surface area (Å²) in [6, 6.07) is 3.38. The molecular formula is C23H31F6N3O4. The quantitative estimate of drug-likeness (QED) is 0.578. The molecule has 0 saturated heterocycles. The molecule has 3 atom stereocenters. The molecule has 1 N–H and O–H groups in total. The van der Waals surface area contributed by atoms with Crippen molar-refractivity contribution in [2.24, 2.45) is 5.92 Å². The number of likely N-dealkylation sites (N-methyl/N-ethyl adjacent to an activating group) is 1. The maximum Gasteiger partial charge on any atom is 0.397 e. The van der Waals surface area contributed by atoms with Crippen molar-refractivity contribution in [1.29, 1.82) is 0 Å². The van der Waals surface area contributed by atoms with Gasteiger partial charge < -0.3 is 19.7 Å². The molecule has 0 fully saturated rings. The lowest BCUT2D eigenvalue weighted by Crippen LogP contribution is -2.47. The van der Waals surface area contributed by atoms with Gasteiger partial charge in [-0.3, -0.25) is 14.5 Å². The van der Waals surface area contributed by atoms with E-state index in [4.69, 9.17) is 9.47 Å². The second-order valence-corrected chi connectivity index (χ2v) is 9.01. The van der Waals surface area contributed by atoms with Gasteiger partial charge in [-0.1, -0.05) is 6.92 Å². The highest BCUT2D eigenvalue weighted by Crippen LogP contribution is 2.28. The minimum Gasteiger partial charge on any atom is -0.491 e. The number of carbonyl (C=O) groups is 2. The van der Waals surface area contributed by atoms with E-state index in [9.17, 15) is 35.9 Å². The molecule has 204 valence electrons. The fourth-order valence-corrected chi connectivity index (χ4v) is 3.90. The number of nitrogens with zero attached hydrogens (tertiary/aromatic N) is 2. The summed E-state index contributed by atoms with van der Waals surface area (Å²) in [5.41, 5.74) is -0.0450. The van der Waals surface area contributed by atoms with Crippen molar-refractivity contribution in [3.63, 3.8) is 0 Å². The van der Waals surface area contributed by atoms with Crippen LogP contribution in [-0.2, 0) is 9.53 Å². The molecule has 0 unspecified atom stereocenters. The van der Waals surface area contributed by atoms with Crippen LogP contribution >= 0.6 is 0 Å². The van der Waals surface area contributed by atoms with Gasteiger partial charge in [0.2, 0.25) is 5.91 Å². The molecule has 0 spiro atoms. The van der Waals surface area contributed by atoms with Gasteiger partial charge in [0, 0.05) is 45.5 Å². The van der Waals surface area contributed by atoms with Crippen LogP contribution in [0.1, 0.15) is 37.0 Å². The smallest absolute Gasteiger partial charge is 0.397 e. The first kappa shape index (κ1) is 29.7. The zero-order valence-corrected chi connectivity index (χ0v) is 20.5. The minimum absolute atomic E-state index is 0.0144. The lowest BCUT2D eigenvalue weighted by atomic mass is 10.0. The van der Waals surface area contributed by atoms with Gasteiger partial charge in [0.05, 0.1) is 18.1 Å². The molecule has 1 aliphatic heterocycles. The third-order valence-corrected chi connectivity index (χ3v) is 5.90. The molecule has 0 bridgehead atoms. The maximum atomic E-state index is 13.2. The number of carbonyl (C=O) groups excluding carboxylic acids is 2. The standard InChI is InChI=1S/C23H31F6N3O4/c1-14-11-32(8-7-22(24,25)26)15(2)13-36-18-6-5-16(30-20(33)10-23(27,28)29)9-17(18)21(34)31(3)12-19(14)35-4/h5-6,9,14-15,19H,7-8,10-13H2,1-4H3,(H,30,33)/t14-,15-,19-/m0/s1. The van der Waals surface area contributed by atoms with Crippen LogP contribution in [0.15, 0.2) is 18.2 Å². The van der Waals surface area contributed by atoms with Gasteiger partial charge in [0.25, 0.3) is 5.91 Å². The number of amides is 2. The maximum absolute atomic E-state index is 13.2. The van der Waals surface area contributed by atoms with Crippen LogP contribution in [0.25, 0.3) is 0 Å². The number of halogens is 6. The van der Waals surface area contributed by atoms with Crippen molar-refractivity contribution >= 4 is 17.5 Å². The molecule has 1 aliphatic rings. The first-order valence-corrected chi connectivity index (χ1v) is 11.3. The van der Waals surface area contributed by atoms with Crippen LogP contribution in [0.5, 0.6) is 5.75 Å². The lowest BCUT2D eigenvalue weighted by molar-refractivity contribution is -0.150. The van der Waals surface area contributed by atoms with E-state index in [1.54, 1.807) is 11.8 Å². The number of nitrogens with one attached hydrogen (secondary N) is 1. The second-order valence-electron chi connectivity index (χ2n) is 9.01. The van der Waals surface area contributed by atoms with Gasteiger partial charge in [-0.2, -0.15) is 26.3 Å². The molecule has 1 aromatic carbocycles. The summed E-state index contributed by atoms with van der Waals surface area (Å²) in [5, 5.41) is 2.12. The van der Waals surface area contributed by atoms with Crippen molar-refractivity contribution < 1.29 is 45.4 Å². The van der Waals surface area contributed by atoms with Crippen LogP contribution in [0.3, 0.4) is 0 Å². The minimum atomic E-state index is -4.69. The number of anilines is 1. The molecule has 2 rings (SSSR count). The van der Waals surface area contributed by atoms with Crippen molar-refractivity contribution in [2.75, 3.05) is 45.7 Å². The summed E-state index contributed by atoms with van der Waals surface area (Å²) in [4.78, 5) is 27.9. The molecule has 1 heterocycles. The Hall–Kier alpha value is -2.54. The molecule has 0 radical (unpaired) electrons. The lowest BCUT2D eigenvalue weighted by Gasteiger charge is -2.36. The Labute approximate surface area is 205 Å². The van der Waals surface area contributed by atoms with Crippen molar-refractivity contribution in [1.82, 2.24) is 9.80 Å². The van der Waals surface area contributed by atoms with E-state index in [1.165, 1.54) is 37.3 Å². The van der Waals surface area contributed by atoms with E-state index < -0.39 is 49.2 Å². The molecule has 0 aliphatic carbocycles. The SMILES string of the molecule is CO[C@H]1CN(C)C(=O)c2cc(NC(=O)CC(F)(F)F)ccc2OC[C@H](C)N(CCC(F)(F)F)C[C@@H]1C. The average Bonchev–Trinajstić information content (AvgIpc) is 2.75. The summed E-state index contributed by atoms with van der Waals surface area (Å²) in [5.74, 6) is -1.97. The Morgan fingerprint density at radius 1 is 1.14 bits per heavy atom. The molecular weight excluding hydrogens is 496 g/mol. The van der Waals surface area contributed by atoms with Gasteiger partial charge >= 0.3 is 12.4 Å². The molecule has 0 saturated carbocycles. The van der Waals surface area contributed by atoms with Crippen molar-refractivity contribution in [2.45, 2.75) is 51.2 Å². The van der Waals surface area contributed by atoms with Gasteiger partial charge in [-0.05, 0) is 31.0 Å². The Morgan fingerprint density at radius 3 is 2.39 bits per heavy atom. The summed E-state index contributed by atoms with van der Waals surface area (Å²) >= 11 is 0. The molecule has 7 nitrogen and oxygen atoms in total. The molecule has 36 heavy (non-hydrogen) atoms. The van der Waals surface area contributed by atoms with E-state index in [0.717, 1.165) is 0 Å². The highest BCUT2D eigenvalue weighted by atomic mass is 19.4. The van der Waals surface area contributed by atoms with E-state index in [2.05, 4.69) is 5.32 Å². The number of hydrogen-bond donors (Lipinski definition) is 1. The predicted molar refractivity (Wildman–Crippen MR) is 120 cm³/mol. The van der Waals surface area contributed by atoms with E-state index >= 15 is 0 Å². The number of ether oxygens (including phenoxy) is 2. The normalized spacial score (nSPS) is 22.8. The highest BCUT2D eigenvalue weighted by molar-refractivity contribution is 5.99. The number of alkyl halides is 6. The summed E-state index contributed by atoms with van der Waals surface area (Å²) in [6.45, 7) is 3.59. The summed E-state index contributed by atoms with van der Waals surface area (Å²) in [7, 11) is 2.94. The Bertz CT molecular complexity index is 909. The van der Waals surface area contributed by atoms with Crippen LogP contribution in [-0.4, -0.2) is 86.5 Å². The third kappa shape index (κ3) is 9.16. The molecule has 0 aromatic heterocycles. The Balaban J connectivity index is 2.37. The monoisotopic (exact) mass is 527 g/mol. The Morgan fingerprint density at radius 2 is 1.81 bits per heavy atom. The number of hydrogen-bond acceptors (Lipinski definition) is 5. The second kappa shape index (κ2) is 12.1. The first-order valence-electron chi connectivity index (χ1n) is 11.3. The largest absolute Gasteiger partial charge is 0.491 e. The molecule has 13 heteroatoms. The number of benzene rings is 1. The van der Waals surface area contributed by atoms with Gasteiger partial charge in [-0.25, -0.2) is 0 Å². The van der Waals surface area contributed by atoms with Crippen LogP contribution in [0.2, 0.25) is 0 Å². The molecule has 2 amide bonds. The van der Waals surface area contributed by atoms with Crippen LogP contribution in [0, 0.1) is 5.92 Å². The number of methoxy groups -OCH3 is 1. The van der Waals surface area contributed by atoms with Crippen molar-refractivity contribution in [3.8, 4) is 5.75 Å². The fourth-order valence-electron chi connectivity index (χ4n) is 3.90. The highest BCUT2D eigenvalue weighted by Gasteiger charge is 2.33. The molecule has 1 aromatic rings. The predicted octanol–water partition coefficient (Wildman–Crippen LogP) is 4.34. The van der Waals surface area contributed by atoms with Gasteiger partial charge in [0.1, 0.15) is 18.8 Å². The fraction of sp³-hybridized carbons (Fsp3) is 0.652. The van der Waals surface area contributed by atoms with Crippen LogP contribution in [0.4, 0.5) is 32.0 Å². The Kier molecular flexibility index (Phi) is 10.0. The van der Waals surface area contributed by atoms with E-state index in [-0.39, 0.29) is 49.2 Å². The summed E-state index contributed by atoms with van der Waals surface area (Å²) in [6.07, 6.45) is -12.2. The third-order valence-electron chi connectivity index (χ3n) is 5.90. The first-order chi connectivity index (χ1) is 16.6.